The van der Waals surface area contributed by atoms with E-state index < -0.39 is 0 Å². The van der Waals surface area contributed by atoms with E-state index in [1.54, 1.807) is 23.5 Å². The molecule has 120 valence electrons. The average molecular weight is 351 g/mol. The molecule has 0 saturated carbocycles. The van der Waals surface area contributed by atoms with E-state index in [4.69, 9.17) is 11.6 Å². The highest BCUT2D eigenvalue weighted by atomic mass is 35.5. The molecule has 0 saturated heterocycles. The lowest BCUT2D eigenvalue weighted by molar-refractivity contribution is 0.304. The maximum absolute atomic E-state index is 14.2. The molecule has 2 heterocycles. The van der Waals surface area contributed by atoms with Gasteiger partial charge in [-0.05, 0) is 37.7 Å². The minimum atomic E-state index is -0.304. The molecule has 0 aliphatic carbocycles. The highest BCUT2D eigenvalue weighted by Crippen LogP contribution is 2.30. The van der Waals surface area contributed by atoms with Gasteiger partial charge in [-0.2, -0.15) is 0 Å². The molecule has 0 bridgehead atoms. The summed E-state index contributed by atoms with van der Waals surface area (Å²) in [5, 5.41) is 6.66. The monoisotopic (exact) mass is 350 g/mol. The Morgan fingerprint density at radius 3 is 2.87 bits per heavy atom. The second kappa shape index (κ2) is 6.78. The first-order valence-electron chi connectivity index (χ1n) is 7.10. The van der Waals surface area contributed by atoms with Crippen LogP contribution in [0.25, 0.3) is 10.2 Å². The number of rotatable bonds is 5. The summed E-state index contributed by atoms with van der Waals surface area (Å²) in [6.07, 6.45) is 1.53. The maximum atomic E-state index is 14.2. The van der Waals surface area contributed by atoms with Crippen LogP contribution in [0.1, 0.15) is 11.6 Å². The molecular weight excluding hydrogens is 335 g/mol. The smallest absolute Gasteiger partial charge is 0.138 e. The van der Waals surface area contributed by atoms with E-state index in [1.807, 2.05) is 30.4 Å². The number of benzene rings is 1. The van der Waals surface area contributed by atoms with Crippen molar-refractivity contribution in [2.24, 2.45) is 0 Å². The third-order valence-corrected chi connectivity index (χ3v) is 4.83. The highest BCUT2D eigenvalue weighted by Gasteiger charge is 2.21. The van der Waals surface area contributed by atoms with Gasteiger partial charge in [-0.3, -0.25) is 0 Å². The van der Waals surface area contributed by atoms with E-state index in [0.29, 0.717) is 17.1 Å². The van der Waals surface area contributed by atoms with E-state index in [0.717, 1.165) is 16.0 Å². The standard InChI is InChI=1S/C16H16ClFN4S/c1-22(2)13(14-11(17)4-3-5-12(14)18)8-19-15-10-6-7-23-16(10)21-9-20-15/h3-7,9,13H,8H2,1-2H3,(H,19,20,21)/t13-/m0/s1. The maximum Gasteiger partial charge on any atom is 0.138 e. The SMILES string of the molecule is CN(C)[C@@H](CNc1ncnc2sccc12)c1c(F)cccc1Cl. The van der Waals surface area contributed by atoms with Gasteiger partial charge in [0.1, 0.15) is 22.8 Å². The number of hydrogen-bond acceptors (Lipinski definition) is 5. The van der Waals surface area contributed by atoms with Gasteiger partial charge in [0.2, 0.25) is 0 Å². The zero-order valence-corrected chi connectivity index (χ0v) is 14.3. The van der Waals surface area contributed by atoms with E-state index in [9.17, 15) is 4.39 Å². The Kier molecular flexibility index (Phi) is 4.75. The van der Waals surface area contributed by atoms with Crippen LogP contribution in [0.3, 0.4) is 0 Å². The van der Waals surface area contributed by atoms with Gasteiger partial charge >= 0.3 is 0 Å². The molecule has 0 spiro atoms. The Hall–Kier alpha value is -1.76. The summed E-state index contributed by atoms with van der Waals surface area (Å²) in [6.45, 7) is 0.482. The second-order valence-corrected chi connectivity index (χ2v) is 6.66. The molecular formula is C16H16ClFN4S. The van der Waals surface area contributed by atoms with Crippen molar-refractivity contribution in [2.45, 2.75) is 6.04 Å². The van der Waals surface area contributed by atoms with Gasteiger partial charge in [0.05, 0.1) is 11.4 Å². The summed E-state index contributed by atoms with van der Waals surface area (Å²) < 4.78 is 14.2. The fourth-order valence-electron chi connectivity index (χ4n) is 2.50. The minimum Gasteiger partial charge on any atom is -0.368 e. The number of anilines is 1. The summed E-state index contributed by atoms with van der Waals surface area (Å²) in [6, 6.07) is 6.51. The molecule has 0 aliphatic heterocycles. The molecule has 0 aliphatic rings. The molecule has 0 fully saturated rings. The number of nitrogens with one attached hydrogen (secondary N) is 1. The van der Waals surface area contributed by atoms with Gasteiger partial charge in [-0.25, -0.2) is 14.4 Å². The highest BCUT2D eigenvalue weighted by molar-refractivity contribution is 7.16. The molecule has 7 heteroatoms. The number of fused-ring (bicyclic) bond motifs is 1. The summed E-state index contributed by atoms with van der Waals surface area (Å²) >= 11 is 7.77. The van der Waals surface area contributed by atoms with Crippen LogP contribution in [0.2, 0.25) is 5.02 Å². The van der Waals surface area contributed by atoms with Crippen LogP contribution in [0.4, 0.5) is 10.2 Å². The van der Waals surface area contributed by atoms with Crippen molar-refractivity contribution in [3.63, 3.8) is 0 Å². The Bertz CT molecular complexity index is 800. The first kappa shape index (κ1) is 16.1. The predicted molar refractivity (Wildman–Crippen MR) is 93.7 cm³/mol. The van der Waals surface area contributed by atoms with Gasteiger partial charge in [-0.15, -0.1) is 11.3 Å². The molecule has 2 aromatic heterocycles. The van der Waals surface area contributed by atoms with Crippen molar-refractivity contribution >= 4 is 39.0 Å². The molecule has 4 nitrogen and oxygen atoms in total. The van der Waals surface area contributed by atoms with Gasteiger partial charge in [0.15, 0.2) is 0 Å². The molecule has 3 aromatic rings. The summed E-state index contributed by atoms with van der Waals surface area (Å²) in [5.74, 6) is 0.442. The third kappa shape index (κ3) is 3.29. The van der Waals surface area contributed by atoms with E-state index in [-0.39, 0.29) is 11.9 Å². The third-order valence-electron chi connectivity index (χ3n) is 3.68. The summed E-state index contributed by atoms with van der Waals surface area (Å²) in [5.41, 5.74) is 0.488. The van der Waals surface area contributed by atoms with Crippen LogP contribution in [-0.2, 0) is 0 Å². The lowest BCUT2D eigenvalue weighted by atomic mass is 10.0. The lowest BCUT2D eigenvalue weighted by Crippen LogP contribution is -2.28. The lowest BCUT2D eigenvalue weighted by Gasteiger charge is -2.26. The first-order chi connectivity index (χ1) is 11.1. The largest absolute Gasteiger partial charge is 0.368 e. The molecule has 1 aromatic carbocycles. The quantitative estimate of drug-likeness (QED) is 0.748. The topological polar surface area (TPSA) is 41.0 Å². The Balaban J connectivity index is 1.88. The molecule has 0 unspecified atom stereocenters. The van der Waals surface area contributed by atoms with Gasteiger partial charge in [0.25, 0.3) is 0 Å². The van der Waals surface area contributed by atoms with E-state index in [2.05, 4.69) is 15.3 Å². The number of halogens is 2. The van der Waals surface area contributed by atoms with E-state index >= 15 is 0 Å². The summed E-state index contributed by atoms with van der Waals surface area (Å²) in [4.78, 5) is 11.4. The second-order valence-electron chi connectivity index (χ2n) is 5.36. The number of hydrogen-bond donors (Lipinski definition) is 1. The molecule has 1 N–H and O–H groups in total. The Morgan fingerprint density at radius 2 is 2.13 bits per heavy atom. The molecule has 23 heavy (non-hydrogen) atoms. The zero-order valence-electron chi connectivity index (χ0n) is 12.8. The van der Waals surface area contributed by atoms with Crippen LogP contribution in [0, 0.1) is 5.82 Å². The Labute approximate surface area is 142 Å². The van der Waals surface area contributed by atoms with Crippen LogP contribution in [-0.4, -0.2) is 35.5 Å². The van der Waals surface area contributed by atoms with Crippen molar-refractivity contribution in [3.05, 3.63) is 52.4 Å². The van der Waals surface area contributed by atoms with Crippen molar-refractivity contribution in [2.75, 3.05) is 26.0 Å². The van der Waals surface area contributed by atoms with Crippen molar-refractivity contribution in [1.29, 1.82) is 0 Å². The number of nitrogens with zero attached hydrogens (tertiary/aromatic N) is 3. The minimum absolute atomic E-state index is 0.215. The van der Waals surface area contributed by atoms with Crippen LogP contribution >= 0.6 is 22.9 Å². The zero-order chi connectivity index (χ0) is 16.4. The molecule has 0 radical (unpaired) electrons. The fourth-order valence-corrected chi connectivity index (χ4v) is 3.52. The fraction of sp³-hybridized carbons (Fsp3) is 0.250. The number of aromatic nitrogens is 2. The Morgan fingerprint density at radius 1 is 1.30 bits per heavy atom. The van der Waals surface area contributed by atoms with Crippen LogP contribution in [0.15, 0.2) is 36.0 Å². The van der Waals surface area contributed by atoms with Crippen LogP contribution in [0.5, 0.6) is 0 Å². The summed E-state index contributed by atoms with van der Waals surface area (Å²) in [7, 11) is 3.80. The van der Waals surface area contributed by atoms with Gasteiger partial charge in [-0.1, -0.05) is 17.7 Å². The van der Waals surface area contributed by atoms with Crippen molar-refractivity contribution in [1.82, 2.24) is 14.9 Å². The van der Waals surface area contributed by atoms with Crippen molar-refractivity contribution in [3.8, 4) is 0 Å². The van der Waals surface area contributed by atoms with Crippen molar-refractivity contribution < 1.29 is 4.39 Å². The molecule has 0 amide bonds. The molecule has 1 atom stereocenters. The number of thiophene rings is 1. The normalized spacial score (nSPS) is 12.7. The van der Waals surface area contributed by atoms with E-state index in [1.165, 1.54) is 12.4 Å². The van der Waals surface area contributed by atoms with Gasteiger partial charge in [0, 0.05) is 17.1 Å². The molecule has 3 rings (SSSR count). The van der Waals surface area contributed by atoms with Crippen LogP contribution < -0.4 is 5.32 Å². The predicted octanol–water partition coefficient (Wildman–Crippen LogP) is 4.20. The number of likely N-dealkylation sites (N-methyl/N-ethyl adjacent to an activating group) is 1. The average Bonchev–Trinajstić information content (AvgIpc) is 2.99. The first-order valence-corrected chi connectivity index (χ1v) is 8.36. The van der Waals surface area contributed by atoms with Gasteiger partial charge < -0.3 is 10.2 Å².